The van der Waals surface area contributed by atoms with Crippen molar-refractivity contribution in [3.63, 3.8) is 0 Å². The number of aliphatic hydroxyl groups excluding tert-OH is 1. The number of hydrazine groups is 1. The standard InChI is InChI=1S/C17H25N5O2S2.C7H8.CH4O/c1-5-9-13(6-2)15(23)20-22(7-3)11-8-10-18-16(24)14-12-26-17(19-14)21-25-4;1-7-5-3-2-4-6-7;1-2/h5-6,9,12H,1-2,7-8,10-11H2,3-4H3,(H,18,24)(H,19,21)(H,20,23);2-6H,1H3;2H,1H3/b13-9+;;. The molecule has 8 nitrogen and oxygen atoms in total. The predicted molar refractivity (Wildman–Crippen MR) is 149 cm³/mol. The lowest BCUT2D eigenvalue weighted by Gasteiger charge is -2.21. The van der Waals surface area contributed by atoms with E-state index in [1.54, 1.807) is 22.5 Å². The molecule has 0 radical (unpaired) electrons. The Balaban J connectivity index is 0.00000108. The van der Waals surface area contributed by atoms with Gasteiger partial charge in [-0.05, 0) is 13.3 Å². The van der Waals surface area contributed by atoms with E-state index in [1.807, 2.05) is 31.4 Å². The summed E-state index contributed by atoms with van der Waals surface area (Å²) in [5.74, 6) is -0.438. The van der Waals surface area contributed by atoms with E-state index in [0.717, 1.165) is 7.11 Å². The summed E-state index contributed by atoms with van der Waals surface area (Å²) in [5, 5.41) is 14.0. The second kappa shape index (κ2) is 20.5. The van der Waals surface area contributed by atoms with Gasteiger partial charge in [0.2, 0.25) is 0 Å². The van der Waals surface area contributed by atoms with Gasteiger partial charge >= 0.3 is 0 Å². The molecule has 10 heteroatoms. The molecule has 2 rings (SSSR count). The minimum Gasteiger partial charge on any atom is -0.400 e. The number of anilines is 1. The molecule has 1 aromatic heterocycles. The van der Waals surface area contributed by atoms with Crippen LogP contribution in [0, 0.1) is 6.92 Å². The van der Waals surface area contributed by atoms with E-state index in [0.29, 0.717) is 42.5 Å². The average Bonchev–Trinajstić information content (AvgIpc) is 3.35. The lowest BCUT2D eigenvalue weighted by Crippen LogP contribution is -2.43. The van der Waals surface area contributed by atoms with Crippen LogP contribution in [-0.2, 0) is 4.79 Å². The van der Waals surface area contributed by atoms with Crippen LogP contribution in [-0.4, -0.2) is 59.9 Å². The number of carbonyl (C=O) groups is 2. The van der Waals surface area contributed by atoms with Crippen molar-refractivity contribution < 1.29 is 14.7 Å². The smallest absolute Gasteiger partial charge is 0.270 e. The first kappa shape index (κ1) is 32.1. The predicted octanol–water partition coefficient (Wildman–Crippen LogP) is 4.21. The molecule has 0 fully saturated rings. The molecule has 1 aromatic carbocycles. The van der Waals surface area contributed by atoms with Crippen LogP contribution in [0.15, 0.2) is 72.7 Å². The van der Waals surface area contributed by atoms with Crippen molar-refractivity contribution in [1.29, 1.82) is 0 Å². The minimum atomic E-state index is -0.234. The van der Waals surface area contributed by atoms with E-state index < -0.39 is 0 Å². The number of nitrogens with one attached hydrogen (secondary N) is 3. The van der Waals surface area contributed by atoms with E-state index in [-0.39, 0.29) is 11.8 Å². The summed E-state index contributed by atoms with van der Waals surface area (Å²) in [6.45, 7) is 13.0. The summed E-state index contributed by atoms with van der Waals surface area (Å²) in [4.78, 5) is 28.3. The molecule has 192 valence electrons. The molecule has 0 atom stereocenters. The molecule has 2 amide bonds. The van der Waals surface area contributed by atoms with Crippen molar-refractivity contribution in [1.82, 2.24) is 20.7 Å². The Morgan fingerprint density at radius 3 is 2.43 bits per heavy atom. The van der Waals surface area contributed by atoms with Gasteiger partial charge in [0.15, 0.2) is 5.13 Å². The van der Waals surface area contributed by atoms with E-state index in [1.165, 1.54) is 34.9 Å². The molecule has 2 aromatic rings. The summed E-state index contributed by atoms with van der Waals surface area (Å²) in [6, 6.07) is 10.3. The lowest BCUT2D eigenvalue weighted by molar-refractivity contribution is -0.121. The minimum absolute atomic E-state index is 0.203. The molecule has 0 saturated heterocycles. The highest BCUT2D eigenvalue weighted by Gasteiger charge is 2.12. The van der Waals surface area contributed by atoms with Crippen LogP contribution in [0.25, 0.3) is 0 Å². The number of rotatable bonds is 12. The molecule has 0 bridgehead atoms. The van der Waals surface area contributed by atoms with Gasteiger partial charge in [-0.2, -0.15) is 0 Å². The monoisotopic (exact) mass is 519 g/mol. The number of aromatic nitrogens is 1. The fraction of sp³-hybridized carbons (Fsp3) is 0.320. The van der Waals surface area contributed by atoms with Crippen LogP contribution in [0.4, 0.5) is 5.13 Å². The maximum Gasteiger partial charge on any atom is 0.270 e. The number of allylic oxidation sites excluding steroid dienone is 2. The number of thiazole rings is 1. The number of aryl methyl sites for hydroxylation is 1. The first-order valence-corrected chi connectivity index (χ1v) is 13.1. The van der Waals surface area contributed by atoms with Crippen molar-refractivity contribution in [2.24, 2.45) is 0 Å². The highest BCUT2D eigenvalue weighted by atomic mass is 32.2. The average molecular weight is 520 g/mol. The molecular weight excluding hydrogens is 482 g/mol. The van der Waals surface area contributed by atoms with E-state index in [2.05, 4.69) is 52.7 Å². The van der Waals surface area contributed by atoms with E-state index >= 15 is 0 Å². The summed E-state index contributed by atoms with van der Waals surface area (Å²) in [7, 11) is 1.00. The van der Waals surface area contributed by atoms with Gasteiger partial charge in [-0.1, -0.05) is 86.2 Å². The zero-order valence-corrected chi connectivity index (χ0v) is 22.5. The molecule has 0 aliphatic rings. The third kappa shape index (κ3) is 14.2. The second-order valence-corrected chi connectivity index (χ2v) is 8.16. The van der Waals surface area contributed by atoms with Crippen LogP contribution in [0.2, 0.25) is 0 Å². The van der Waals surface area contributed by atoms with Crippen LogP contribution in [0.3, 0.4) is 0 Å². The summed E-state index contributed by atoms with van der Waals surface area (Å²) in [6.07, 6.45) is 7.21. The van der Waals surface area contributed by atoms with Crippen molar-refractivity contribution >= 4 is 40.2 Å². The van der Waals surface area contributed by atoms with Crippen molar-refractivity contribution in [3.05, 3.63) is 83.9 Å². The molecule has 0 unspecified atom stereocenters. The number of amides is 2. The SMILES string of the molecule is C=C/C=C(\C=C)C(=O)NN(CC)CCCNC(=O)c1csc(NSC)n1.CO.Cc1ccccc1. The van der Waals surface area contributed by atoms with Gasteiger partial charge in [-0.3, -0.25) is 15.0 Å². The van der Waals surface area contributed by atoms with Crippen LogP contribution in [0.1, 0.15) is 29.4 Å². The quantitative estimate of drug-likeness (QED) is 0.109. The van der Waals surface area contributed by atoms with Crippen LogP contribution in [0.5, 0.6) is 0 Å². The molecule has 0 aliphatic heterocycles. The van der Waals surface area contributed by atoms with Gasteiger partial charge in [0.1, 0.15) is 5.69 Å². The molecule has 35 heavy (non-hydrogen) atoms. The number of aliphatic hydroxyl groups is 1. The van der Waals surface area contributed by atoms with E-state index in [4.69, 9.17) is 5.11 Å². The largest absolute Gasteiger partial charge is 0.400 e. The fourth-order valence-corrected chi connectivity index (χ4v) is 3.67. The van der Waals surface area contributed by atoms with Gasteiger partial charge in [0.25, 0.3) is 11.8 Å². The van der Waals surface area contributed by atoms with Gasteiger partial charge in [-0.15, -0.1) is 11.3 Å². The van der Waals surface area contributed by atoms with Gasteiger partial charge in [0, 0.05) is 44.0 Å². The highest BCUT2D eigenvalue weighted by Crippen LogP contribution is 2.17. The summed E-state index contributed by atoms with van der Waals surface area (Å²) < 4.78 is 2.99. The van der Waals surface area contributed by atoms with Gasteiger partial charge < -0.3 is 15.1 Å². The highest BCUT2D eigenvalue weighted by molar-refractivity contribution is 8.00. The second-order valence-electron chi connectivity index (χ2n) is 6.69. The Bertz CT molecular complexity index is 917. The molecule has 4 N–H and O–H groups in total. The topological polar surface area (TPSA) is 107 Å². The number of hydrogen-bond acceptors (Lipinski definition) is 8. The third-order valence-corrected chi connectivity index (χ3v) is 5.46. The summed E-state index contributed by atoms with van der Waals surface area (Å²) in [5.41, 5.74) is 4.98. The first-order chi connectivity index (χ1) is 16.9. The van der Waals surface area contributed by atoms with E-state index in [9.17, 15) is 9.59 Å². The van der Waals surface area contributed by atoms with Gasteiger partial charge in [0.05, 0.1) is 0 Å². The number of carbonyl (C=O) groups excluding carboxylic acids is 2. The third-order valence-electron chi connectivity index (χ3n) is 4.18. The van der Waals surface area contributed by atoms with Crippen LogP contribution < -0.4 is 15.5 Å². The lowest BCUT2D eigenvalue weighted by atomic mass is 10.2. The number of benzene rings is 1. The Labute approximate surface area is 217 Å². The fourth-order valence-electron chi connectivity index (χ4n) is 2.47. The molecule has 1 heterocycles. The van der Waals surface area contributed by atoms with Crippen LogP contribution >= 0.6 is 23.3 Å². The zero-order chi connectivity index (χ0) is 26.5. The van der Waals surface area contributed by atoms with Crippen molar-refractivity contribution in [2.75, 3.05) is 37.7 Å². The molecule has 0 spiro atoms. The Kier molecular flexibility index (Phi) is 18.7. The molecular formula is C25H37N5O3S2. The zero-order valence-electron chi connectivity index (χ0n) is 20.9. The van der Waals surface area contributed by atoms with Gasteiger partial charge in [-0.25, -0.2) is 9.99 Å². The Morgan fingerprint density at radius 2 is 1.91 bits per heavy atom. The maximum atomic E-state index is 12.1. The normalized spacial score (nSPS) is 10.2. The van der Waals surface area contributed by atoms with Crippen molar-refractivity contribution in [2.45, 2.75) is 20.3 Å². The van der Waals surface area contributed by atoms with Crippen molar-refractivity contribution in [3.8, 4) is 0 Å². The Hall–Kier alpha value is -2.92. The Morgan fingerprint density at radius 1 is 1.23 bits per heavy atom. The maximum absolute atomic E-state index is 12.1. The summed E-state index contributed by atoms with van der Waals surface area (Å²) >= 11 is 2.81. The molecule has 0 saturated carbocycles. The number of nitrogens with zero attached hydrogens (tertiary/aromatic N) is 2. The number of hydrogen-bond donors (Lipinski definition) is 4. The molecule has 0 aliphatic carbocycles. The first-order valence-electron chi connectivity index (χ1n) is 10.9.